The second-order valence-corrected chi connectivity index (χ2v) is 5.95. The zero-order valence-corrected chi connectivity index (χ0v) is 14.2. The lowest BCUT2D eigenvalue weighted by molar-refractivity contribution is 0.102. The normalized spacial score (nSPS) is 10.8. The van der Waals surface area contributed by atoms with Gasteiger partial charge >= 0.3 is 0 Å². The van der Waals surface area contributed by atoms with Gasteiger partial charge in [0.25, 0.3) is 5.91 Å². The van der Waals surface area contributed by atoms with Crippen molar-refractivity contribution in [1.29, 1.82) is 0 Å². The van der Waals surface area contributed by atoms with Crippen molar-refractivity contribution in [2.75, 3.05) is 5.32 Å². The largest absolute Gasteiger partial charge is 0.322 e. The molecule has 0 unspecified atom stereocenters. The summed E-state index contributed by atoms with van der Waals surface area (Å²) in [5.41, 5.74) is 1.88. The van der Waals surface area contributed by atoms with Crippen molar-refractivity contribution in [3.05, 3.63) is 76.1 Å². The van der Waals surface area contributed by atoms with E-state index in [9.17, 15) is 13.6 Å². The summed E-state index contributed by atoms with van der Waals surface area (Å²) >= 11 is 5.82. The van der Waals surface area contributed by atoms with Crippen LogP contribution in [0.2, 0.25) is 5.02 Å². The van der Waals surface area contributed by atoms with Crippen LogP contribution in [0.15, 0.2) is 42.5 Å². The van der Waals surface area contributed by atoms with Gasteiger partial charge in [0, 0.05) is 16.8 Å². The topological polar surface area (TPSA) is 46.9 Å². The summed E-state index contributed by atoms with van der Waals surface area (Å²) in [5, 5.41) is 7.53. The molecule has 0 radical (unpaired) electrons. The summed E-state index contributed by atoms with van der Waals surface area (Å²) in [7, 11) is 0. The van der Waals surface area contributed by atoms with E-state index in [-0.39, 0.29) is 11.6 Å². The fourth-order valence-electron chi connectivity index (χ4n) is 2.59. The van der Waals surface area contributed by atoms with Gasteiger partial charge in [-0.05, 0) is 50.2 Å². The maximum Gasteiger partial charge on any atom is 0.259 e. The summed E-state index contributed by atoms with van der Waals surface area (Å²) in [4.78, 5) is 12.6. The molecular weight excluding hydrogens is 348 g/mol. The van der Waals surface area contributed by atoms with E-state index in [1.807, 2.05) is 0 Å². The highest BCUT2D eigenvalue weighted by Crippen LogP contribution is 2.22. The summed E-state index contributed by atoms with van der Waals surface area (Å²) in [6, 6.07) is 9.87. The smallest absolute Gasteiger partial charge is 0.259 e. The molecule has 128 valence electrons. The van der Waals surface area contributed by atoms with Gasteiger partial charge < -0.3 is 5.32 Å². The van der Waals surface area contributed by atoms with Gasteiger partial charge in [0.15, 0.2) is 5.82 Å². The number of rotatable bonds is 3. The van der Waals surface area contributed by atoms with Crippen LogP contribution in [-0.2, 0) is 0 Å². The van der Waals surface area contributed by atoms with Crippen LogP contribution in [0, 0.1) is 25.5 Å². The third-order valence-corrected chi connectivity index (χ3v) is 4.01. The standard InChI is InChI=1S/C18H14ClF2N3O/c1-10-17(18(25)22-14-6-3-12(19)4-7-14)11(2)24(23-10)16-8-5-13(20)9-15(16)21/h3-9H,1-2H3,(H,22,25). The SMILES string of the molecule is Cc1nn(-c2ccc(F)cc2F)c(C)c1C(=O)Nc1ccc(Cl)cc1. The van der Waals surface area contributed by atoms with Gasteiger partial charge in [-0.1, -0.05) is 11.6 Å². The number of halogens is 3. The Labute approximate surface area is 148 Å². The number of hydrogen-bond acceptors (Lipinski definition) is 2. The van der Waals surface area contributed by atoms with Gasteiger partial charge in [0.2, 0.25) is 0 Å². The molecule has 1 amide bonds. The van der Waals surface area contributed by atoms with E-state index >= 15 is 0 Å². The molecule has 25 heavy (non-hydrogen) atoms. The minimum absolute atomic E-state index is 0.0764. The molecule has 0 atom stereocenters. The monoisotopic (exact) mass is 361 g/mol. The van der Waals surface area contributed by atoms with E-state index in [1.165, 1.54) is 10.7 Å². The average Bonchev–Trinajstić information content (AvgIpc) is 2.84. The van der Waals surface area contributed by atoms with Crippen molar-refractivity contribution in [3.8, 4) is 5.69 Å². The molecule has 0 bridgehead atoms. The predicted octanol–water partition coefficient (Wildman–Crippen LogP) is 4.67. The summed E-state index contributed by atoms with van der Waals surface area (Å²) in [6.07, 6.45) is 0. The fraction of sp³-hybridized carbons (Fsp3) is 0.111. The number of hydrogen-bond donors (Lipinski definition) is 1. The molecule has 0 spiro atoms. The maximum atomic E-state index is 14.0. The Morgan fingerprint density at radius 2 is 1.80 bits per heavy atom. The highest BCUT2D eigenvalue weighted by molar-refractivity contribution is 6.30. The highest BCUT2D eigenvalue weighted by Gasteiger charge is 2.21. The third-order valence-electron chi connectivity index (χ3n) is 3.76. The van der Waals surface area contributed by atoms with Crippen molar-refractivity contribution in [2.24, 2.45) is 0 Å². The molecule has 7 heteroatoms. The van der Waals surface area contributed by atoms with E-state index in [0.29, 0.717) is 27.7 Å². The second-order valence-electron chi connectivity index (χ2n) is 5.51. The number of carbonyl (C=O) groups excluding carboxylic acids is 1. The number of aryl methyl sites for hydroxylation is 1. The van der Waals surface area contributed by atoms with Crippen LogP contribution >= 0.6 is 11.6 Å². The van der Waals surface area contributed by atoms with Gasteiger partial charge in [0.1, 0.15) is 11.5 Å². The molecular formula is C18H14ClF2N3O. The summed E-state index contributed by atoms with van der Waals surface area (Å²) in [6.45, 7) is 3.31. The Hall–Kier alpha value is -2.73. The molecule has 3 aromatic rings. The molecule has 3 rings (SSSR count). The molecule has 0 aliphatic carbocycles. The van der Waals surface area contributed by atoms with Gasteiger partial charge in [-0.3, -0.25) is 4.79 Å². The lowest BCUT2D eigenvalue weighted by Crippen LogP contribution is -2.14. The Balaban J connectivity index is 1.96. The van der Waals surface area contributed by atoms with Gasteiger partial charge in [-0.25, -0.2) is 13.5 Å². The second kappa shape index (κ2) is 6.64. The zero-order chi connectivity index (χ0) is 18.1. The Morgan fingerprint density at radius 3 is 2.44 bits per heavy atom. The lowest BCUT2D eigenvalue weighted by Gasteiger charge is -2.08. The predicted molar refractivity (Wildman–Crippen MR) is 92.4 cm³/mol. The van der Waals surface area contributed by atoms with Crippen LogP contribution in [0.1, 0.15) is 21.7 Å². The number of anilines is 1. The molecule has 4 nitrogen and oxygen atoms in total. The summed E-state index contributed by atoms with van der Waals surface area (Å²) < 4.78 is 28.4. The van der Waals surface area contributed by atoms with Crippen LogP contribution < -0.4 is 5.32 Å². The Morgan fingerprint density at radius 1 is 1.12 bits per heavy atom. The molecule has 2 aromatic carbocycles. The van der Waals surface area contributed by atoms with E-state index in [0.717, 1.165) is 12.1 Å². The van der Waals surface area contributed by atoms with Crippen LogP contribution in [0.5, 0.6) is 0 Å². The van der Waals surface area contributed by atoms with Gasteiger partial charge in [-0.15, -0.1) is 0 Å². The minimum Gasteiger partial charge on any atom is -0.322 e. The third kappa shape index (κ3) is 3.39. The van der Waals surface area contributed by atoms with Crippen molar-refractivity contribution in [1.82, 2.24) is 9.78 Å². The number of carbonyl (C=O) groups is 1. The van der Waals surface area contributed by atoms with Crippen LogP contribution in [-0.4, -0.2) is 15.7 Å². The van der Waals surface area contributed by atoms with Crippen LogP contribution in [0.3, 0.4) is 0 Å². The van der Waals surface area contributed by atoms with E-state index in [4.69, 9.17) is 11.6 Å². The highest BCUT2D eigenvalue weighted by atomic mass is 35.5. The van der Waals surface area contributed by atoms with Crippen LogP contribution in [0.25, 0.3) is 5.69 Å². The van der Waals surface area contributed by atoms with E-state index < -0.39 is 11.6 Å². The molecule has 0 aliphatic rings. The molecule has 0 aliphatic heterocycles. The maximum absolute atomic E-state index is 14.0. The molecule has 0 saturated carbocycles. The lowest BCUT2D eigenvalue weighted by atomic mass is 10.1. The van der Waals surface area contributed by atoms with Crippen molar-refractivity contribution < 1.29 is 13.6 Å². The number of nitrogens with zero attached hydrogens (tertiary/aromatic N) is 2. The van der Waals surface area contributed by atoms with Crippen molar-refractivity contribution >= 4 is 23.2 Å². The Kier molecular flexibility index (Phi) is 4.55. The molecule has 1 N–H and O–H groups in total. The first kappa shape index (κ1) is 17.1. The molecule has 0 saturated heterocycles. The summed E-state index contributed by atoms with van der Waals surface area (Å²) in [5.74, 6) is -1.80. The number of aromatic nitrogens is 2. The van der Waals surface area contributed by atoms with E-state index in [2.05, 4.69) is 10.4 Å². The Bertz CT molecular complexity index is 952. The fourth-order valence-corrected chi connectivity index (χ4v) is 2.71. The number of amides is 1. The zero-order valence-electron chi connectivity index (χ0n) is 13.5. The van der Waals surface area contributed by atoms with Gasteiger partial charge in [0.05, 0.1) is 17.0 Å². The first-order valence-electron chi connectivity index (χ1n) is 7.45. The molecule has 1 aromatic heterocycles. The minimum atomic E-state index is -0.754. The molecule has 0 fully saturated rings. The van der Waals surface area contributed by atoms with Crippen molar-refractivity contribution in [3.63, 3.8) is 0 Å². The first-order valence-corrected chi connectivity index (χ1v) is 7.83. The number of nitrogens with one attached hydrogen (secondary N) is 1. The van der Waals surface area contributed by atoms with Gasteiger partial charge in [-0.2, -0.15) is 5.10 Å². The molecule has 1 heterocycles. The number of benzene rings is 2. The average molecular weight is 362 g/mol. The van der Waals surface area contributed by atoms with Crippen LogP contribution in [0.4, 0.5) is 14.5 Å². The first-order chi connectivity index (χ1) is 11.9. The van der Waals surface area contributed by atoms with Crippen molar-refractivity contribution in [2.45, 2.75) is 13.8 Å². The van der Waals surface area contributed by atoms with E-state index in [1.54, 1.807) is 38.1 Å². The quantitative estimate of drug-likeness (QED) is 0.736.